The van der Waals surface area contributed by atoms with Crippen LogP contribution in [0.1, 0.15) is 44.1 Å². The lowest BCUT2D eigenvalue weighted by atomic mass is 9.56. The third-order valence-electron chi connectivity index (χ3n) is 8.52. The van der Waals surface area contributed by atoms with Crippen molar-refractivity contribution in [2.45, 2.75) is 48.3 Å². The molecule has 0 spiro atoms. The summed E-state index contributed by atoms with van der Waals surface area (Å²) < 4.78 is 5.57. The van der Waals surface area contributed by atoms with Crippen LogP contribution in [0.5, 0.6) is 11.5 Å². The van der Waals surface area contributed by atoms with Crippen molar-refractivity contribution in [2.24, 2.45) is 17.8 Å². The van der Waals surface area contributed by atoms with Crippen molar-refractivity contribution in [3.05, 3.63) is 35.4 Å². The molecule has 0 bridgehead atoms. The minimum absolute atomic E-state index is 0.0418. The van der Waals surface area contributed by atoms with Crippen molar-refractivity contribution < 1.29 is 38.9 Å². The number of amides is 4. The first-order valence-electron chi connectivity index (χ1n) is 13.0. The number of aromatic hydroxyl groups is 1. The third kappa shape index (κ3) is 3.91. The number of hydrogen-bond acceptors (Lipinski definition) is 7. The number of hydrogen-bond donors (Lipinski definition) is 2. The summed E-state index contributed by atoms with van der Waals surface area (Å²) in [4.78, 5) is 63.4. The maximum Gasteiger partial charge on any atom is 0.303 e. The van der Waals surface area contributed by atoms with E-state index in [0.29, 0.717) is 5.57 Å². The second kappa shape index (κ2) is 10.3. The number of benzene rings is 1. The largest absolute Gasteiger partial charge is 0.504 e. The van der Waals surface area contributed by atoms with E-state index in [4.69, 9.17) is 33.0 Å². The fraction of sp³-hybridized carbons (Fsp3) is 0.519. The Hall–Kier alpha value is -2.63. The predicted octanol–water partition coefficient (Wildman–Crippen LogP) is 3.37. The molecule has 1 saturated carbocycles. The van der Waals surface area contributed by atoms with E-state index in [1.807, 2.05) is 0 Å². The smallest absolute Gasteiger partial charge is 0.303 e. The van der Waals surface area contributed by atoms with Gasteiger partial charge in [-0.05, 0) is 38.2 Å². The lowest BCUT2D eigenvalue weighted by Gasteiger charge is -2.50. The van der Waals surface area contributed by atoms with E-state index in [1.54, 1.807) is 31.2 Å². The number of carbonyl (C=O) groups excluding carboxylic acids is 4. The molecule has 2 N–H and O–H groups in total. The fourth-order valence-corrected chi connectivity index (χ4v) is 8.23. The summed E-state index contributed by atoms with van der Waals surface area (Å²) in [5.74, 6) is -6.95. The number of alkyl halides is 3. The first-order valence-corrected chi connectivity index (χ1v) is 14.8. The van der Waals surface area contributed by atoms with Crippen molar-refractivity contribution in [1.29, 1.82) is 0 Å². The van der Waals surface area contributed by atoms with E-state index >= 15 is 0 Å². The van der Waals surface area contributed by atoms with Crippen molar-refractivity contribution >= 4 is 68.7 Å². The molecule has 4 aliphatic rings. The molecule has 1 aromatic rings. The zero-order chi connectivity index (χ0) is 29.1. The van der Waals surface area contributed by atoms with E-state index in [1.165, 1.54) is 0 Å². The second-order valence-electron chi connectivity index (χ2n) is 10.4. The van der Waals surface area contributed by atoms with E-state index in [-0.39, 0.29) is 61.4 Å². The quantitative estimate of drug-likeness (QED) is 0.188. The first kappa shape index (κ1) is 28.9. The van der Waals surface area contributed by atoms with Gasteiger partial charge in [-0.15, -0.1) is 23.2 Å². The SMILES string of the molecule is CCOc1cccc(C2C3=CCC4C(=O)N(CCCC(=O)O)C(=O)C4C3CC3(Cl)C(=O)N(CBr)C(=O)C23Cl)c1O. The summed E-state index contributed by atoms with van der Waals surface area (Å²) in [5, 5.41) is 20.3. The molecule has 4 amide bonds. The molecule has 2 heterocycles. The molecular formula is C27H27BrCl2N2O8. The second-order valence-corrected chi connectivity index (χ2v) is 12.2. The van der Waals surface area contributed by atoms with Crippen LogP contribution >= 0.6 is 39.1 Å². The van der Waals surface area contributed by atoms with Gasteiger partial charge in [-0.1, -0.05) is 39.7 Å². The molecule has 40 heavy (non-hydrogen) atoms. The van der Waals surface area contributed by atoms with Crippen molar-refractivity contribution in [3.63, 3.8) is 0 Å². The van der Waals surface area contributed by atoms with Gasteiger partial charge >= 0.3 is 5.97 Å². The summed E-state index contributed by atoms with van der Waals surface area (Å²) >= 11 is 17.5. The van der Waals surface area contributed by atoms with Gasteiger partial charge in [0.2, 0.25) is 11.8 Å². The van der Waals surface area contributed by atoms with Gasteiger partial charge in [0.1, 0.15) is 0 Å². The Balaban J connectivity index is 1.65. The van der Waals surface area contributed by atoms with Crippen LogP contribution < -0.4 is 4.74 Å². The number of ether oxygens (including phenoxy) is 1. The number of phenols is 1. The van der Waals surface area contributed by atoms with E-state index in [9.17, 15) is 29.1 Å². The van der Waals surface area contributed by atoms with Crippen molar-refractivity contribution in [3.8, 4) is 11.5 Å². The molecule has 2 saturated heterocycles. The number of fused-ring (bicyclic) bond motifs is 4. The number of phenolic OH excluding ortho intramolecular Hbond substituents is 1. The summed E-state index contributed by atoms with van der Waals surface area (Å²) in [6.07, 6.45) is 1.67. The van der Waals surface area contributed by atoms with Gasteiger partial charge < -0.3 is 14.9 Å². The Kier molecular flexibility index (Phi) is 7.46. The lowest BCUT2D eigenvalue weighted by Crippen LogP contribution is -2.60. The molecule has 1 aromatic carbocycles. The van der Waals surface area contributed by atoms with E-state index in [0.717, 1.165) is 9.80 Å². The first-order chi connectivity index (χ1) is 18.9. The highest BCUT2D eigenvalue weighted by molar-refractivity contribution is 9.09. The molecule has 0 radical (unpaired) electrons. The van der Waals surface area contributed by atoms with E-state index in [2.05, 4.69) is 15.9 Å². The Morgan fingerprint density at radius 2 is 1.85 bits per heavy atom. The van der Waals surface area contributed by atoms with Crippen LogP contribution in [0.3, 0.4) is 0 Å². The Morgan fingerprint density at radius 3 is 2.50 bits per heavy atom. The number of aliphatic carboxylic acids is 1. The summed E-state index contributed by atoms with van der Waals surface area (Å²) in [6.45, 7) is 1.96. The number of carbonyl (C=O) groups is 5. The number of carboxylic acids is 1. The number of imide groups is 2. The molecular weight excluding hydrogens is 631 g/mol. The van der Waals surface area contributed by atoms with Gasteiger partial charge in [0.15, 0.2) is 21.2 Å². The molecule has 2 aliphatic carbocycles. The number of likely N-dealkylation sites (tertiary alicyclic amines) is 2. The van der Waals surface area contributed by atoms with E-state index < -0.39 is 63.0 Å². The summed E-state index contributed by atoms with van der Waals surface area (Å²) in [7, 11) is 0. The molecule has 2 aliphatic heterocycles. The van der Waals surface area contributed by atoms with Gasteiger partial charge in [0.05, 0.1) is 23.9 Å². The maximum absolute atomic E-state index is 13.8. The Morgan fingerprint density at radius 1 is 1.12 bits per heavy atom. The summed E-state index contributed by atoms with van der Waals surface area (Å²) in [6, 6.07) is 4.76. The molecule has 5 rings (SSSR count). The monoisotopic (exact) mass is 656 g/mol. The number of allylic oxidation sites excluding steroid dienone is 2. The maximum atomic E-state index is 13.8. The van der Waals surface area contributed by atoms with Gasteiger partial charge in [-0.3, -0.25) is 33.8 Å². The number of rotatable bonds is 8. The van der Waals surface area contributed by atoms with Gasteiger partial charge in [0.25, 0.3) is 11.8 Å². The highest BCUT2D eigenvalue weighted by atomic mass is 79.9. The fourth-order valence-electron chi connectivity index (χ4n) is 6.82. The Labute approximate surface area is 248 Å². The van der Waals surface area contributed by atoms with Crippen LogP contribution in [0.4, 0.5) is 0 Å². The van der Waals surface area contributed by atoms with Crippen LogP contribution in [-0.4, -0.2) is 78.0 Å². The minimum atomic E-state index is -2.04. The highest BCUT2D eigenvalue weighted by Gasteiger charge is 2.76. The molecule has 10 nitrogen and oxygen atoms in total. The molecule has 3 fully saturated rings. The third-order valence-corrected chi connectivity index (χ3v) is 10.4. The topological polar surface area (TPSA) is 142 Å². The van der Waals surface area contributed by atoms with Crippen LogP contribution in [0.15, 0.2) is 29.8 Å². The number of halogens is 3. The van der Waals surface area contributed by atoms with Gasteiger partial charge in [-0.2, -0.15) is 0 Å². The van der Waals surface area contributed by atoms with Crippen molar-refractivity contribution in [1.82, 2.24) is 9.80 Å². The predicted molar refractivity (Wildman–Crippen MR) is 146 cm³/mol. The molecule has 0 aromatic heterocycles. The minimum Gasteiger partial charge on any atom is -0.504 e. The highest BCUT2D eigenvalue weighted by Crippen LogP contribution is 2.66. The Bertz CT molecular complexity index is 1350. The normalized spacial score (nSPS) is 33.0. The standard InChI is InChI=1S/C27H27BrCl2N2O8/c1-2-40-17-6-3-5-15(21(17)35)20-13-8-9-14-19(23(37)31(22(14)36)10-4-7-18(33)34)16(13)11-26(29)24(38)32(12-28)25(39)27(20,26)30/h3,5-6,8,14,16,19-20,35H,2,4,7,9-12H2,1H3,(H,33,34). The zero-order valence-electron chi connectivity index (χ0n) is 21.4. The number of para-hydroxylation sites is 1. The molecule has 13 heteroatoms. The summed E-state index contributed by atoms with van der Waals surface area (Å²) in [5.41, 5.74) is 0.603. The average molecular weight is 658 g/mol. The molecule has 214 valence electrons. The lowest BCUT2D eigenvalue weighted by molar-refractivity contribution is -0.142. The molecule has 6 unspecified atom stereocenters. The van der Waals surface area contributed by atoms with Crippen LogP contribution in [0, 0.1) is 17.8 Å². The van der Waals surface area contributed by atoms with Gasteiger partial charge in [0, 0.05) is 24.4 Å². The van der Waals surface area contributed by atoms with Crippen LogP contribution in [0.25, 0.3) is 0 Å². The van der Waals surface area contributed by atoms with Crippen LogP contribution in [-0.2, 0) is 24.0 Å². The zero-order valence-corrected chi connectivity index (χ0v) is 24.5. The van der Waals surface area contributed by atoms with Gasteiger partial charge in [-0.25, -0.2) is 0 Å². The average Bonchev–Trinajstić information content (AvgIpc) is 3.23. The number of nitrogens with zero attached hydrogens (tertiary/aromatic N) is 2. The van der Waals surface area contributed by atoms with Crippen molar-refractivity contribution in [2.75, 3.05) is 18.6 Å². The number of carboxylic acid groups (broad SMARTS) is 1. The molecule has 6 atom stereocenters. The van der Waals surface area contributed by atoms with Crippen LogP contribution in [0.2, 0.25) is 0 Å².